The highest BCUT2D eigenvalue weighted by Crippen LogP contribution is 2.17. The molecule has 1 unspecified atom stereocenters. The van der Waals surface area contributed by atoms with E-state index in [4.69, 9.17) is 5.11 Å². The van der Waals surface area contributed by atoms with Crippen LogP contribution in [0.1, 0.15) is 47.8 Å². The zero-order chi connectivity index (χ0) is 15.2. The van der Waals surface area contributed by atoms with Crippen LogP contribution in [0.5, 0.6) is 0 Å². The Balaban J connectivity index is 2.06. The van der Waals surface area contributed by atoms with Gasteiger partial charge in [0.2, 0.25) is 0 Å². The van der Waals surface area contributed by atoms with E-state index >= 15 is 0 Å². The topological polar surface area (TPSA) is 54.3 Å². The Labute approximate surface area is 125 Å². The first kappa shape index (κ1) is 15.3. The summed E-state index contributed by atoms with van der Waals surface area (Å²) >= 11 is 0. The number of hydrogen-bond acceptors (Lipinski definition) is 2. The van der Waals surface area contributed by atoms with Crippen molar-refractivity contribution >= 4 is 5.97 Å². The summed E-state index contributed by atoms with van der Waals surface area (Å²) in [4.78, 5) is 10.8. The summed E-state index contributed by atoms with van der Waals surface area (Å²) in [7, 11) is 0. The van der Waals surface area contributed by atoms with Crippen molar-refractivity contribution in [2.75, 3.05) is 6.54 Å². The smallest absolute Gasteiger partial charge is 0.335 e. The van der Waals surface area contributed by atoms with E-state index in [-0.39, 0.29) is 0 Å². The zero-order valence-electron chi connectivity index (χ0n) is 12.5. The van der Waals surface area contributed by atoms with E-state index in [1.165, 1.54) is 5.56 Å². The molecule has 1 aromatic heterocycles. The standard InChI is InChI=1S/C17H22N2O2/c1-3-16(18-4-2)15-9-10-19(12-15)11-13-5-7-14(8-6-13)17(20)21/h5-10,12,16,18H,3-4,11H2,1-2H3,(H,20,21). The Morgan fingerprint density at radius 2 is 1.95 bits per heavy atom. The van der Waals surface area contributed by atoms with Crippen LogP contribution in [0.2, 0.25) is 0 Å². The highest BCUT2D eigenvalue weighted by Gasteiger charge is 2.09. The fourth-order valence-electron chi connectivity index (χ4n) is 2.47. The lowest BCUT2D eigenvalue weighted by Crippen LogP contribution is -2.19. The largest absolute Gasteiger partial charge is 0.478 e. The molecule has 0 bridgehead atoms. The minimum Gasteiger partial charge on any atom is -0.478 e. The lowest BCUT2D eigenvalue weighted by Gasteiger charge is -2.14. The Kier molecular flexibility index (Phi) is 5.17. The molecule has 1 atom stereocenters. The third-order valence-electron chi connectivity index (χ3n) is 3.60. The molecule has 1 aromatic carbocycles. The van der Waals surface area contributed by atoms with Crippen LogP contribution in [0.25, 0.3) is 0 Å². The second-order valence-corrected chi connectivity index (χ2v) is 5.14. The van der Waals surface area contributed by atoms with E-state index in [1.54, 1.807) is 12.1 Å². The lowest BCUT2D eigenvalue weighted by atomic mass is 10.1. The molecule has 0 aliphatic rings. The molecule has 4 nitrogen and oxygen atoms in total. The number of hydrogen-bond donors (Lipinski definition) is 2. The second-order valence-electron chi connectivity index (χ2n) is 5.14. The van der Waals surface area contributed by atoms with Gasteiger partial charge in [-0.1, -0.05) is 26.0 Å². The summed E-state index contributed by atoms with van der Waals surface area (Å²) in [6.45, 7) is 6.00. The molecule has 0 radical (unpaired) electrons. The highest BCUT2D eigenvalue weighted by atomic mass is 16.4. The quantitative estimate of drug-likeness (QED) is 0.821. The molecule has 0 saturated heterocycles. The molecule has 0 spiro atoms. The molecule has 1 heterocycles. The number of aromatic carboxylic acids is 1. The van der Waals surface area contributed by atoms with E-state index in [9.17, 15) is 4.79 Å². The van der Waals surface area contributed by atoms with Gasteiger partial charge in [0, 0.05) is 25.0 Å². The van der Waals surface area contributed by atoms with Gasteiger partial charge >= 0.3 is 5.97 Å². The molecule has 4 heteroatoms. The fraction of sp³-hybridized carbons (Fsp3) is 0.353. The first-order valence-electron chi connectivity index (χ1n) is 7.35. The summed E-state index contributed by atoms with van der Waals surface area (Å²) in [5.74, 6) is -0.888. The van der Waals surface area contributed by atoms with Gasteiger partial charge in [0.1, 0.15) is 0 Å². The van der Waals surface area contributed by atoms with Gasteiger partial charge in [-0.05, 0) is 42.3 Å². The average molecular weight is 286 g/mol. The normalized spacial score (nSPS) is 12.3. The minimum absolute atomic E-state index is 0.324. The van der Waals surface area contributed by atoms with E-state index in [1.807, 2.05) is 12.1 Å². The lowest BCUT2D eigenvalue weighted by molar-refractivity contribution is 0.0697. The van der Waals surface area contributed by atoms with E-state index in [0.29, 0.717) is 11.6 Å². The van der Waals surface area contributed by atoms with Crippen molar-refractivity contribution in [3.8, 4) is 0 Å². The van der Waals surface area contributed by atoms with Crippen molar-refractivity contribution in [2.24, 2.45) is 0 Å². The van der Waals surface area contributed by atoms with Gasteiger partial charge in [0.05, 0.1) is 5.56 Å². The van der Waals surface area contributed by atoms with Crippen molar-refractivity contribution in [1.29, 1.82) is 0 Å². The van der Waals surface area contributed by atoms with Crippen molar-refractivity contribution in [3.63, 3.8) is 0 Å². The number of carboxylic acids is 1. The van der Waals surface area contributed by atoms with Crippen molar-refractivity contribution < 1.29 is 9.90 Å². The molecule has 0 aliphatic carbocycles. The predicted octanol–water partition coefficient (Wildman–Crippen LogP) is 3.30. The molecule has 0 amide bonds. The SMILES string of the molecule is CCNC(CC)c1ccn(Cc2ccc(C(=O)O)cc2)c1. The summed E-state index contributed by atoms with van der Waals surface area (Å²) in [6.07, 6.45) is 5.29. The predicted molar refractivity (Wildman–Crippen MR) is 83.6 cm³/mol. The van der Waals surface area contributed by atoms with E-state index in [2.05, 4.69) is 42.2 Å². The van der Waals surface area contributed by atoms with Crippen LogP contribution in [0.3, 0.4) is 0 Å². The Morgan fingerprint density at radius 3 is 2.52 bits per heavy atom. The third-order valence-corrected chi connectivity index (χ3v) is 3.60. The fourth-order valence-corrected chi connectivity index (χ4v) is 2.47. The van der Waals surface area contributed by atoms with Gasteiger partial charge in [0.25, 0.3) is 0 Å². The first-order valence-corrected chi connectivity index (χ1v) is 7.35. The van der Waals surface area contributed by atoms with Gasteiger partial charge in [-0.15, -0.1) is 0 Å². The van der Waals surface area contributed by atoms with Crippen molar-refractivity contribution in [3.05, 3.63) is 59.4 Å². The van der Waals surface area contributed by atoms with E-state index in [0.717, 1.165) is 25.1 Å². The number of nitrogens with one attached hydrogen (secondary N) is 1. The van der Waals surface area contributed by atoms with Crippen LogP contribution in [-0.2, 0) is 6.54 Å². The van der Waals surface area contributed by atoms with Crippen molar-refractivity contribution in [1.82, 2.24) is 9.88 Å². The molecule has 2 aromatic rings. The van der Waals surface area contributed by atoms with E-state index < -0.39 is 5.97 Å². The molecule has 0 fully saturated rings. The second kappa shape index (κ2) is 7.09. The highest BCUT2D eigenvalue weighted by molar-refractivity contribution is 5.87. The van der Waals surface area contributed by atoms with Gasteiger partial charge in [-0.3, -0.25) is 0 Å². The first-order chi connectivity index (χ1) is 10.1. The van der Waals surface area contributed by atoms with Gasteiger partial charge in [-0.2, -0.15) is 0 Å². The number of benzene rings is 1. The van der Waals surface area contributed by atoms with Gasteiger partial charge in [0.15, 0.2) is 0 Å². The zero-order valence-corrected chi connectivity index (χ0v) is 12.5. The number of nitrogens with zero attached hydrogens (tertiary/aromatic N) is 1. The monoisotopic (exact) mass is 286 g/mol. The molecule has 112 valence electrons. The minimum atomic E-state index is -0.888. The molecule has 0 saturated carbocycles. The summed E-state index contributed by atoms with van der Waals surface area (Å²) < 4.78 is 2.13. The summed E-state index contributed by atoms with van der Waals surface area (Å²) in [5, 5.41) is 12.4. The molecule has 2 N–H and O–H groups in total. The summed E-state index contributed by atoms with van der Waals surface area (Å²) in [6, 6.07) is 9.56. The van der Waals surface area contributed by atoms with Crippen LogP contribution < -0.4 is 5.32 Å². The molecule has 2 rings (SSSR count). The molecule has 0 aliphatic heterocycles. The Hall–Kier alpha value is -2.07. The maximum Gasteiger partial charge on any atom is 0.335 e. The summed E-state index contributed by atoms with van der Waals surface area (Å²) in [5.41, 5.74) is 2.71. The molecule has 21 heavy (non-hydrogen) atoms. The van der Waals surface area contributed by atoms with Crippen LogP contribution >= 0.6 is 0 Å². The third kappa shape index (κ3) is 3.95. The number of carboxylic acid groups (broad SMARTS) is 1. The van der Waals surface area contributed by atoms with Crippen LogP contribution in [0.15, 0.2) is 42.7 Å². The van der Waals surface area contributed by atoms with Crippen LogP contribution in [-0.4, -0.2) is 22.2 Å². The molecular formula is C17H22N2O2. The number of rotatable bonds is 7. The maximum absolute atomic E-state index is 10.8. The van der Waals surface area contributed by atoms with Crippen molar-refractivity contribution in [2.45, 2.75) is 32.9 Å². The number of carbonyl (C=O) groups is 1. The van der Waals surface area contributed by atoms with Crippen LogP contribution in [0, 0.1) is 0 Å². The maximum atomic E-state index is 10.8. The molecular weight excluding hydrogens is 264 g/mol. The van der Waals surface area contributed by atoms with Crippen LogP contribution in [0.4, 0.5) is 0 Å². The van der Waals surface area contributed by atoms with Gasteiger partial charge in [-0.25, -0.2) is 4.79 Å². The average Bonchev–Trinajstić information content (AvgIpc) is 2.93. The van der Waals surface area contributed by atoms with Gasteiger partial charge < -0.3 is 15.0 Å². The Bertz CT molecular complexity index is 587. The number of aromatic nitrogens is 1. The Morgan fingerprint density at radius 1 is 1.24 bits per heavy atom.